The second kappa shape index (κ2) is 5.46. The Bertz CT molecular complexity index is 612. The van der Waals surface area contributed by atoms with Crippen molar-refractivity contribution in [3.63, 3.8) is 0 Å². The fraction of sp³-hybridized carbons (Fsp3) is 0.462. The lowest BCUT2D eigenvalue weighted by atomic mass is 10.1. The van der Waals surface area contributed by atoms with E-state index < -0.39 is 5.97 Å². The number of aromatic nitrogens is 3. The fourth-order valence-corrected chi connectivity index (χ4v) is 2.67. The Balaban J connectivity index is 1.87. The Morgan fingerprint density at radius 2 is 2.40 bits per heavy atom. The molecule has 0 aromatic carbocycles. The maximum absolute atomic E-state index is 10.9. The topological polar surface area (TPSA) is 94.1 Å². The number of carboxylic acids is 1. The number of rotatable bonds is 3. The van der Waals surface area contributed by atoms with Gasteiger partial charge in [0.15, 0.2) is 0 Å². The van der Waals surface area contributed by atoms with Gasteiger partial charge in [-0.15, -0.1) is 0 Å². The predicted molar refractivity (Wildman–Crippen MR) is 74.7 cm³/mol. The number of nitrogens with one attached hydrogen (secondary N) is 2. The van der Waals surface area contributed by atoms with Gasteiger partial charge in [-0.1, -0.05) is 0 Å². The third-order valence-electron chi connectivity index (χ3n) is 3.57. The molecule has 0 radical (unpaired) electrons. The standard InChI is InChI=1S/C13H17N5O2/c19-11(20)5-9-6-14-3-4-18(7-9)13-10-1-2-15-12(10)16-8-17-13/h1-2,8-9,14H,3-7H2,(H,19,20)(H,15,16,17). The fourth-order valence-electron chi connectivity index (χ4n) is 2.67. The van der Waals surface area contributed by atoms with Gasteiger partial charge in [0.05, 0.1) is 11.8 Å². The van der Waals surface area contributed by atoms with Crippen molar-refractivity contribution in [3.8, 4) is 0 Å². The predicted octanol–water partition coefficient (Wildman–Crippen LogP) is 0.458. The molecule has 0 bridgehead atoms. The molecule has 106 valence electrons. The molecule has 1 unspecified atom stereocenters. The zero-order chi connectivity index (χ0) is 13.9. The van der Waals surface area contributed by atoms with Crippen LogP contribution in [0.4, 0.5) is 5.82 Å². The smallest absolute Gasteiger partial charge is 0.303 e. The van der Waals surface area contributed by atoms with Gasteiger partial charge >= 0.3 is 5.97 Å². The van der Waals surface area contributed by atoms with E-state index in [1.165, 1.54) is 0 Å². The van der Waals surface area contributed by atoms with Crippen LogP contribution in [0.25, 0.3) is 11.0 Å². The maximum atomic E-state index is 10.9. The molecule has 1 aliphatic rings. The van der Waals surface area contributed by atoms with Crippen molar-refractivity contribution in [2.45, 2.75) is 6.42 Å². The molecule has 3 N–H and O–H groups in total. The van der Waals surface area contributed by atoms with Gasteiger partial charge in [-0.25, -0.2) is 9.97 Å². The Morgan fingerprint density at radius 3 is 3.25 bits per heavy atom. The van der Waals surface area contributed by atoms with Crippen LogP contribution in [-0.2, 0) is 4.79 Å². The van der Waals surface area contributed by atoms with Gasteiger partial charge in [0.2, 0.25) is 0 Å². The minimum Gasteiger partial charge on any atom is -0.481 e. The van der Waals surface area contributed by atoms with E-state index in [1.54, 1.807) is 6.33 Å². The van der Waals surface area contributed by atoms with Gasteiger partial charge in [-0.05, 0) is 12.0 Å². The normalized spacial score (nSPS) is 20.0. The average molecular weight is 275 g/mol. The lowest BCUT2D eigenvalue weighted by Gasteiger charge is -2.24. The number of nitrogens with zero attached hydrogens (tertiary/aromatic N) is 3. The molecule has 0 spiro atoms. The van der Waals surface area contributed by atoms with Crippen molar-refractivity contribution in [2.75, 3.05) is 31.1 Å². The highest BCUT2D eigenvalue weighted by Gasteiger charge is 2.22. The summed E-state index contributed by atoms with van der Waals surface area (Å²) in [5, 5.41) is 13.2. The number of fused-ring (bicyclic) bond motifs is 1. The maximum Gasteiger partial charge on any atom is 0.303 e. The van der Waals surface area contributed by atoms with Crippen LogP contribution in [0.15, 0.2) is 18.6 Å². The number of anilines is 1. The number of hydrogen-bond acceptors (Lipinski definition) is 5. The van der Waals surface area contributed by atoms with E-state index >= 15 is 0 Å². The van der Waals surface area contributed by atoms with Crippen LogP contribution < -0.4 is 10.2 Å². The van der Waals surface area contributed by atoms with E-state index in [0.29, 0.717) is 6.54 Å². The number of hydrogen-bond donors (Lipinski definition) is 3. The van der Waals surface area contributed by atoms with E-state index in [4.69, 9.17) is 5.11 Å². The summed E-state index contributed by atoms with van der Waals surface area (Å²) in [5.41, 5.74) is 0.807. The number of aromatic amines is 1. The molecule has 3 heterocycles. The zero-order valence-electron chi connectivity index (χ0n) is 11.0. The number of aliphatic carboxylic acids is 1. The number of H-pyrrole nitrogens is 1. The summed E-state index contributed by atoms with van der Waals surface area (Å²) in [4.78, 5) is 24.7. The molecule has 2 aromatic rings. The first-order chi connectivity index (χ1) is 9.74. The molecular formula is C13H17N5O2. The van der Waals surface area contributed by atoms with Crippen LogP contribution in [-0.4, -0.2) is 52.2 Å². The Hall–Kier alpha value is -2.15. The number of carboxylic acid groups (broad SMARTS) is 1. The summed E-state index contributed by atoms with van der Waals surface area (Å²) < 4.78 is 0. The van der Waals surface area contributed by atoms with Gasteiger partial charge in [-0.3, -0.25) is 4.79 Å². The monoisotopic (exact) mass is 275 g/mol. The zero-order valence-corrected chi connectivity index (χ0v) is 11.0. The third kappa shape index (κ3) is 2.57. The lowest BCUT2D eigenvalue weighted by molar-refractivity contribution is -0.137. The van der Waals surface area contributed by atoms with E-state index in [0.717, 1.165) is 36.5 Å². The highest BCUT2D eigenvalue weighted by atomic mass is 16.4. The first-order valence-corrected chi connectivity index (χ1v) is 6.69. The molecule has 1 saturated heterocycles. The van der Waals surface area contributed by atoms with E-state index in [2.05, 4.69) is 25.2 Å². The van der Waals surface area contributed by atoms with Crippen molar-refractivity contribution < 1.29 is 9.90 Å². The highest BCUT2D eigenvalue weighted by Crippen LogP contribution is 2.23. The largest absolute Gasteiger partial charge is 0.481 e. The summed E-state index contributed by atoms with van der Waals surface area (Å²) >= 11 is 0. The van der Waals surface area contributed by atoms with Crippen molar-refractivity contribution in [3.05, 3.63) is 18.6 Å². The van der Waals surface area contributed by atoms with Crippen LogP contribution in [0, 0.1) is 5.92 Å². The van der Waals surface area contributed by atoms with Gasteiger partial charge in [0.1, 0.15) is 17.8 Å². The van der Waals surface area contributed by atoms with Crippen LogP contribution >= 0.6 is 0 Å². The summed E-state index contributed by atoms with van der Waals surface area (Å²) in [7, 11) is 0. The van der Waals surface area contributed by atoms with E-state index in [-0.39, 0.29) is 12.3 Å². The van der Waals surface area contributed by atoms with Crippen LogP contribution in [0.2, 0.25) is 0 Å². The minimum atomic E-state index is -0.756. The quantitative estimate of drug-likeness (QED) is 0.753. The Kier molecular flexibility index (Phi) is 3.51. The molecule has 20 heavy (non-hydrogen) atoms. The van der Waals surface area contributed by atoms with Crippen molar-refractivity contribution >= 4 is 22.8 Å². The SMILES string of the molecule is O=C(O)CC1CNCCN(c2ncnc3[nH]ccc23)C1. The van der Waals surface area contributed by atoms with E-state index in [1.807, 2.05) is 12.3 Å². The molecule has 1 aliphatic heterocycles. The Morgan fingerprint density at radius 1 is 1.50 bits per heavy atom. The molecule has 7 nitrogen and oxygen atoms in total. The van der Waals surface area contributed by atoms with Crippen molar-refractivity contribution in [1.29, 1.82) is 0 Å². The molecule has 2 aromatic heterocycles. The average Bonchev–Trinajstić information content (AvgIpc) is 2.78. The first-order valence-electron chi connectivity index (χ1n) is 6.69. The van der Waals surface area contributed by atoms with Crippen molar-refractivity contribution in [1.82, 2.24) is 20.3 Å². The summed E-state index contributed by atoms with van der Waals surface area (Å²) in [5.74, 6) is 0.197. The molecule has 1 atom stereocenters. The summed E-state index contributed by atoms with van der Waals surface area (Å²) in [6, 6.07) is 1.95. The van der Waals surface area contributed by atoms with Crippen LogP contribution in [0.3, 0.4) is 0 Å². The van der Waals surface area contributed by atoms with Crippen LogP contribution in [0.5, 0.6) is 0 Å². The minimum absolute atomic E-state index is 0.0824. The molecule has 0 aliphatic carbocycles. The molecule has 3 rings (SSSR count). The molecule has 0 amide bonds. The second-order valence-electron chi connectivity index (χ2n) is 5.05. The highest BCUT2D eigenvalue weighted by molar-refractivity contribution is 5.87. The molecule has 0 saturated carbocycles. The van der Waals surface area contributed by atoms with Gasteiger partial charge in [0, 0.05) is 32.4 Å². The lowest BCUT2D eigenvalue weighted by Crippen LogP contribution is -2.31. The molecule has 7 heteroatoms. The summed E-state index contributed by atoms with van der Waals surface area (Å²) in [6.07, 6.45) is 3.55. The van der Waals surface area contributed by atoms with Crippen LogP contribution in [0.1, 0.15) is 6.42 Å². The molecular weight excluding hydrogens is 258 g/mol. The summed E-state index contributed by atoms with van der Waals surface area (Å²) in [6.45, 7) is 3.06. The second-order valence-corrected chi connectivity index (χ2v) is 5.05. The van der Waals surface area contributed by atoms with Gasteiger partial charge in [0.25, 0.3) is 0 Å². The van der Waals surface area contributed by atoms with Crippen molar-refractivity contribution in [2.24, 2.45) is 5.92 Å². The third-order valence-corrected chi connectivity index (χ3v) is 3.57. The Labute approximate surface area is 116 Å². The molecule has 1 fully saturated rings. The van der Waals surface area contributed by atoms with Gasteiger partial charge < -0.3 is 20.3 Å². The van der Waals surface area contributed by atoms with E-state index in [9.17, 15) is 4.79 Å². The number of carbonyl (C=O) groups is 1. The first kappa shape index (κ1) is 12.9. The van der Waals surface area contributed by atoms with Gasteiger partial charge in [-0.2, -0.15) is 0 Å².